The highest BCUT2D eigenvalue weighted by Crippen LogP contribution is 2.11. The summed E-state index contributed by atoms with van der Waals surface area (Å²) >= 11 is 5.83. The molecule has 2 aromatic rings. The van der Waals surface area contributed by atoms with Gasteiger partial charge in [-0.2, -0.15) is 0 Å². The minimum atomic E-state index is -0.0537. The molecule has 1 heterocycles. The van der Waals surface area contributed by atoms with Gasteiger partial charge in [0.2, 0.25) is 0 Å². The van der Waals surface area contributed by atoms with Crippen molar-refractivity contribution in [1.29, 1.82) is 0 Å². The Hall–Kier alpha value is -1.87. The van der Waals surface area contributed by atoms with Crippen LogP contribution in [0.15, 0.2) is 36.5 Å². The maximum Gasteiger partial charge on any atom is 0.251 e. The Balaban J connectivity index is 1.92. The fourth-order valence-electron chi connectivity index (χ4n) is 1.95. The molecule has 0 fully saturated rings. The molecule has 0 atom stereocenters. The van der Waals surface area contributed by atoms with Crippen LogP contribution in [0.5, 0.6) is 0 Å². The van der Waals surface area contributed by atoms with Crippen LogP contribution < -0.4 is 5.32 Å². The number of halogens is 1. The normalized spacial score (nSPS) is 10.3. The first kappa shape index (κ1) is 14.5. The second kappa shape index (κ2) is 6.53. The summed E-state index contributed by atoms with van der Waals surface area (Å²) in [6, 6.07) is 9.40. The molecule has 2 rings (SSSR count). The fourth-order valence-corrected chi connectivity index (χ4v) is 2.08. The lowest BCUT2D eigenvalue weighted by atomic mass is 10.1. The van der Waals surface area contributed by atoms with Gasteiger partial charge in [0, 0.05) is 29.0 Å². The number of aromatic nitrogens is 1. The molecule has 0 spiro atoms. The van der Waals surface area contributed by atoms with Crippen molar-refractivity contribution in [2.45, 2.75) is 20.3 Å². The molecular formula is C16H17ClN2O. The van der Waals surface area contributed by atoms with Gasteiger partial charge in [-0.05, 0) is 49.6 Å². The highest BCUT2D eigenvalue weighted by molar-refractivity contribution is 6.30. The molecule has 0 aliphatic heterocycles. The number of nitrogens with zero attached hydrogens (tertiary/aromatic N) is 1. The topological polar surface area (TPSA) is 42.0 Å². The van der Waals surface area contributed by atoms with E-state index in [9.17, 15) is 4.79 Å². The van der Waals surface area contributed by atoms with Gasteiger partial charge in [0.25, 0.3) is 5.91 Å². The number of amides is 1. The second-order valence-electron chi connectivity index (χ2n) is 4.70. The van der Waals surface area contributed by atoms with Crippen molar-refractivity contribution in [2.75, 3.05) is 6.54 Å². The molecule has 1 aromatic carbocycles. The summed E-state index contributed by atoms with van der Waals surface area (Å²) in [5, 5.41) is 3.65. The average Bonchev–Trinajstić information content (AvgIpc) is 2.44. The third kappa shape index (κ3) is 3.58. The van der Waals surface area contributed by atoms with E-state index in [1.54, 1.807) is 12.3 Å². The molecule has 0 unspecified atom stereocenters. The minimum absolute atomic E-state index is 0.0537. The van der Waals surface area contributed by atoms with Gasteiger partial charge < -0.3 is 5.32 Å². The molecule has 20 heavy (non-hydrogen) atoms. The van der Waals surface area contributed by atoms with E-state index < -0.39 is 0 Å². The van der Waals surface area contributed by atoms with E-state index >= 15 is 0 Å². The van der Waals surface area contributed by atoms with Gasteiger partial charge in [-0.15, -0.1) is 0 Å². The molecule has 0 saturated carbocycles. The highest BCUT2D eigenvalue weighted by Gasteiger charge is 2.09. The Morgan fingerprint density at radius 2 is 1.90 bits per heavy atom. The van der Waals surface area contributed by atoms with Crippen LogP contribution in [0.2, 0.25) is 5.02 Å². The Morgan fingerprint density at radius 1 is 1.20 bits per heavy atom. The minimum Gasteiger partial charge on any atom is -0.352 e. The molecule has 4 heteroatoms. The van der Waals surface area contributed by atoms with Gasteiger partial charge in [0.05, 0.1) is 0 Å². The van der Waals surface area contributed by atoms with Crippen molar-refractivity contribution in [3.63, 3.8) is 0 Å². The van der Waals surface area contributed by atoms with Gasteiger partial charge in [-0.25, -0.2) is 0 Å². The maximum atomic E-state index is 12.1. The predicted octanol–water partition coefficient (Wildman–Crippen LogP) is 3.32. The summed E-state index contributed by atoms with van der Waals surface area (Å²) in [6.45, 7) is 4.41. The summed E-state index contributed by atoms with van der Waals surface area (Å²) in [4.78, 5) is 16.3. The number of rotatable bonds is 4. The molecule has 0 radical (unpaired) electrons. The van der Waals surface area contributed by atoms with Crippen LogP contribution in [0.4, 0.5) is 0 Å². The van der Waals surface area contributed by atoms with E-state index in [4.69, 9.17) is 11.6 Å². The van der Waals surface area contributed by atoms with Crippen molar-refractivity contribution < 1.29 is 4.79 Å². The first-order valence-corrected chi connectivity index (χ1v) is 6.90. The standard InChI is InChI=1S/C16H17ClN2O/c1-11-12(2)18-10-8-15(11)16(20)19-9-7-13-3-5-14(17)6-4-13/h3-6,8,10H,7,9H2,1-2H3,(H,19,20). The molecule has 0 saturated heterocycles. The molecule has 0 bridgehead atoms. The zero-order valence-corrected chi connectivity index (χ0v) is 12.4. The number of pyridine rings is 1. The fraction of sp³-hybridized carbons (Fsp3) is 0.250. The van der Waals surface area contributed by atoms with Crippen LogP contribution in [0.25, 0.3) is 0 Å². The van der Waals surface area contributed by atoms with Crippen LogP contribution in [-0.2, 0) is 6.42 Å². The molecule has 1 amide bonds. The van der Waals surface area contributed by atoms with E-state index in [1.165, 1.54) is 0 Å². The SMILES string of the molecule is Cc1nccc(C(=O)NCCc2ccc(Cl)cc2)c1C. The van der Waals surface area contributed by atoms with E-state index in [0.717, 1.165) is 28.3 Å². The first-order valence-electron chi connectivity index (χ1n) is 6.53. The Kier molecular flexibility index (Phi) is 4.74. The van der Waals surface area contributed by atoms with E-state index in [1.807, 2.05) is 38.1 Å². The molecule has 0 aliphatic carbocycles. The predicted molar refractivity (Wildman–Crippen MR) is 81.2 cm³/mol. The Bertz CT molecular complexity index is 608. The smallest absolute Gasteiger partial charge is 0.251 e. The second-order valence-corrected chi connectivity index (χ2v) is 5.14. The van der Waals surface area contributed by atoms with Crippen LogP contribution in [0.1, 0.15) is 27.2 Å². The van der Waals surface area contributed by atoms with Crippen molar-refractivity contribution in [3.8, 4) is 0 Å². The maximum absolute atomic E-state index is 12.1. The van der Waals surface area contributed by atoms with Gasteiger partial charge in [-0.1, -0.05) is 23.7 Å². The number of hydrogen-bond acceptors (Lipinski definition) is 2. The van der Waals surface area contributed by atoms with Crippen LogP contribution >= 0.6 is 11.6 Å². The number of carbonyl (C=O) groups excluding carboxylic acids is 1. The molecule has 104 valence electrons. The number of nitrogens with one attached hydrogen (secondary N) is 1. The third-order valence-electron chi connectivity index (χ3n) is 3.31. The van der Waals surface area contributed by atoms with E-state index in [-0.39, 0.29) is 5.91 Å². The number of aryl methyl sites for hydroxylation is 1. The molecule has 1 N–H and O–H groups in total. The quantitative estimate of drug-likeness (QED) is 0.938. The van der Waals surface area contributed by atoms with Crippen molar-refractivity contribution in [3.05, 3.63) is 63.9 Å². The summed E-state index contributed by atoms with van der Waals surface area (Å²) in [6.07, 6.45) is 2.45. The Morgan fingerprint density at radius 3 is 2.60 bits per heavy atom. The van der Waals surface area contributed by atoms with Crippen molar-refractivity contribution >= 4 is 17.5 Å². The number of carbonyl (C=O) groups is 1. The van der Waals surface area contributed by atoms with Crippen molar-refractivity contribution in [2.24, 2.45) is 0 Å². The van der Waals surface area contributed by atoms with E-state index in [0.29, 0.717) is 12.1 Å². The van der Waals surface area contributed by atoms with Crippen LogP contribution in [-0.4, -0.2) is 17.4 Å². The van der Waals surface area contributed by atoms with Crippen molar-refractivity contribution in [1.82, 2.24) is 10.3 Å². The highest BCUT2D eigenvalue weighted by atomic mass is 35.5. The Labute approximate surface area is 124 Å². The monoisotopic (exact) mass is 288 g/mol. The lowest BCUT2D eigenvalue weighted by Gasteiger charge is -2.09. The first-order chi connectivity index (χ1) is 9.58. The zero-order valence-electron chi connectivity index (χ0n) is 11.6. The number of benzene rings is 1. The average molecular weight is 289 g/mol. The summed E-state index contributed by atoms with van der Waals surface area (Å²) < 4.78 is 0. The molecular weight excluding hydrogens is 272 g/mol. The zero-order chi connectivity index (χ0) is 14.5. The van der Waals surface area contributed by atoms with E-state index in [2.05, 4.69) is 10.3 Å². The summed E-state index contributed by atoms with van der Waals surface area (Å²) in [7, 11) is 0. The van der Waals surface area contributed by atoms with Gasteiger partial charge >= 0.3 is 0 Å². The molecule has 3 nitrogen and oxygen atoms in total. The summed E-state index contributed by atoms with van der Waals surface area (Å²) in [5.41, 5.74) is 3.65. The van der Waals surface area contributed by atoms with Gasteiger partial charge in [0.15, 0.2) is 0 Å². The summed E-state index contributed by atoms with van der Waals surface area (Å²) in [5.74, 6) is -0.0537. The van der Waals surface area contributed by atoms with Crippen LogP contribution in [0.3, 0.4) is 0 Å². The largest absolute Gasteiger partial charge is 0.352 e. The lowest BCUT2D eigenvalue weighted by Crippen LogP contribution is -2.26. The third-order valence-corrected chi connectivity index (χ3v) is 3.57. The van der Waals surface area contributed by atoms with Gasteiger partial charge in [0.1, 0.15) is 0 Å². The molecule has 1 aromatic heterocycles. The van der Waals surface area contributed by atoms with Crippen LogP contribution in [0, 0.1) is 13.8 Å². The number of hydrogen-bond donors (Lipinski definition) is 1. The van der Waals surface area contributed by atoms with Gasteiger partial charge in [-0.3, -0.25) is 9.78 Å². The molecule has 0 aliphatic rings. The lowest BCUT2D eigenvalue weighted by molar-refractivity contribution is 0.0953.